The van der Waals surface area contributed by atoms with Crippen LogP contribution in [0, 0.1) is 18.7 Å². The standard InChI is InChI=1S/C13H19FN2O3S/c1-8-12(14)5-10(15)6-13(8)20(18,19)16(2)7-9-3-11(17)4-9/h5-6,9,11,17H,3-4,7,15H2,1-2H3. The highest BCUT2D eigenvalue weighted by Crippen LogP contribution is 2.30. The predicted molar refractivity (Wildman–Crippen MR) is 74.1 cm³/mol. The topological polar surface area (TPSA) is 83.6 Å². The maximum atomic E-state index is 13.6. The molecule has 0 aromatic heterocycles. The van der Waals surface area contributed by atoms with Gasteiger partial charge in [-0.05, 0) is 37.8 Å². The number of nitrogens with zero attached hydrogens (tertiary/aromatic N) is 1. The third-order valence-corrected chi connectivity index (χ3v) is 5.68. The molecule has 1 aliphatic carbocycles. The summed E-state index contributed by atoms with van der Waals surface area (Å²) in [5, 5.41) is 9.23. The molecule has 0 spiro atoms. The maximum Gasteiger partial charge on any atom is 0.243 e. The monoisotopic (exact) mass is 302 g/mol. The van der Waals surface area contributed by atoms with Crippen LogP contribution >= 0.6 is 0 Å². The lowest BCUT2D eigenvalue weighted by atomic mass is 9.82. The van der Waals surface area contributed by atoms with Crippen LogP contribution in [0.25, 0.3) is 0 Å². The van der Waals surface area contributed by atoms with Crippen LogP contribution in [0.1, 0.15) is 18.4 Å². The minimum absolute atomic E-state index is 0.0692. The van der Waals surface area contributed by atoms with Crippen LogP contribution in [0.3, 0.4) is 0 Å². The molecule has 7 heteroatoms. The predicted octanol–water partition coefficient (Wildman–Crippen LogP) is 1.11. The molecule has 0 unspecified atom stereocenters. The maximum absolute atomic E-state index is 13.6. The SMILES string of the molecule is Cc1c(F)cc(N)cc1S(=O)(=O)N(C)CC1CC(O)C1. The van der Waals surface area contributed by atoms with Crippen LogP contribution in [0.5, 0.6) is 0 Å². The zero-order valence-corrected chi connectivity index (χ0v) is 12.3. The van der Waals surface area contributed by atoms with E-state index in [1.165, 1.54) is 24.3 Å². The summed E-state index contributed by atoms with van der Waals surface area (Å²) in [6, 6.07) is 2.39. The molecule has 0 heterocycles. The molecular weight excluding hydrogens is 283 g/mol. The minimum atomic E-state index is -3.77. The van der Waals surface area contributed by atoms with Crippen molar-refractivity contribution in [3.63, 3.8) is 0 Å². The zero-order valence-electron chi connectivity index (χ0n) is 11.5. The van der Waals surface area contributed by atoms with Crippen LogP contribution in [-0.4, -0.2) is 37.5 Å². The lowest BCUT2D eigenvalue weighted by Crippen LogP contribution is -2.39. The quantitative estimate of drug-likeness (QED) is 0.816. The summed E-state index contributed by atoms with van der Waals surface area (Å²) in [5.41, 5.74) is 5.68. The van der Waals surface area contributed by atoms with Gasteiger partial charge in [0.2, 0.25) is 10.0 Å². The molecule has 3 N–H and O–H groups in total. The van der Waals surface area contributed by atoms with Gasteiger partial charge in [-0.2, -0.15) is 0 Å². The van der Waals surface area contributed by atoms with E-state index in [1.807, 2.05) is 0 Å². The van der Waals surface area contributed by atoms with Crippen molar-refractivity contribution in [2.75, 3.05) is 19.3 Å². The van der Waals surface area contributed by atoms with Crippen molar-refractivity contribution < 1.29 is 17.9 Å². The number of aliphatic hydroxyl groups excluding tert-OH is 1. The highest BCUT2D eigenvalue weighted by atomic mass is 32.2. The Morgan fingerprint density at radius 2 is 2.05 bits per heavy atom. The first-order valence-electron chi connectivity index (χ1n) is 6.42. The molecule has 5 nitrogen and oxygen atoms in total. The zero-order chi connectivity index (χ0) is 15.1. The van der Waals surface area contributed by atoms with E-state index in [9.17, 15) is 17.9 Å². The third-order valence-electron chi connectivity index (χ3n) is 3.73. The molecule has 112 valence electrons. The Bertz CT molecular complexity index is 612. The van der Waals surface area contributed by atoms with Gasteiger partial charge in [-0.25, -0.2) is 17.1 Å². The Morgan fingerprint density at radius 3 is 2.60 bits per heavy atom. The highest BCUT2D eigenvalue weighted by molar-refractivity contribution is 7.89. The van der Waals surface area contributed by atoms with Crippen molar-refractivity contribution in [3.8, 4) is 0 Å². The number of hydrogen-bond acceptors (Lipinski definition) is 4. The van der Waals surface area contributed by atoms with Crippen LogP contribution in [0.4, 0.5) is 10.1 Å². The van der Waals surface area contributed by atoms with Gasteiger partial charge in [-0.1, -0.05) is 0 Å². The van der Waals surface area contributed by atoms with Gasteiger partial charge >= 0.3 is 0 Å². The Balaban J connectivity index is 2.25. The molecule has 0 aliphatic heterocycles. The smallest absolute Gasteiger partial charge is 0.243 e. The summed E-state index contributed by atoms with van der Waals surface area (Å²) in [6.07, 6.45) is 0.872. The second-order valence-electron chi connectivity index (χ2n) is 5.40. The average Bonchev–Trinajstić information content (AvgIpc) is 2.31. The molecule has 20 heavy (non-hydrogen) atoms. The normalized spacial score (nSPS) is 22.9. The average molecular weight is 302 g/mol. The first-order valence-corrected chi connectivity index (χ1v) is 7.86. The summed E-state index contributed by atoms with van der Waals surface area (Å²) in [7, 11) is -2.31. The first-order chi connectivity index (χ1) is 9.21. The summed E-state index contributed by atoms with van der Waals surface area (Å²) in [5.74, 6) is -0.480. The van der Waals surface area contributed by atoms with Gasteiger partial charge in [0.15, 0.2) is 0 Å². The van der Waals surface area contributed by atoms with E-state index in [0.29, 0.717) is 19.4 Å². The number of benzene rings is 1. The molecule has 1 aliphatic rings. The largest absolute Gasteiger partial charge is 0.399 e. The number of nitrogen functional groups attached to an aromatic ring is 1. The van der Waals surface area contributed by atoms with E-state index >= 15 is 0 Å². The van der Waals surface area contributed by atoms with E-state index in [0.717, 1.165) is 6.07 Å². The van der Waals surface area contributed by atoms with Crippen LogP contribution in [0.15, 0.2) is 17.0 Å². The summed E-state index contributed by atoms with van der Waals surface area (Å²) < 4.78 is 39.7. The van der Waals surface area contributed by atoms with Gasteiger partial charge in [-0.15, -0.1) is 0 Å². The van der Waals surface area contributed by atoms with E-state index < -0.39 is 15.8 Å². The second kappa shape index (κ2) is 5.31. The number of sulfonamides is 1. The van der Waals surface area contributed by atoms with Crippen LogP contribution in [0.2, 0.25) is 0 Å². The van der Waals surface area contributed by atoms with Crippen LogP contribution < -0.4 is 5.73 Å². The molecular formula is C13H19FN2O3S. The van der Waals surface area contributed by atoms with Crippen molar-refractivity contribution in [2.24, 2.45) is 5.92 Å². The van der Waals surface area contributed by atoms with Gasteiger partial charge in [0.25, 0.3) is 0 Å². The number of nitrogens with two attached hydrogens (primary N) is 1. The molecule has 0 radical (unpaired) electrons. The molecule has 0 saturated heterocycles. The molecule has 2 rings (SSSR count). The molecule has 0 bridgehead atoms. The Labute approximate surface area is 118 Å². The molecule has 1 aromatic rings. The number of aliphatic hydroxyl groups is 1. The van der Waals surface area contributed by atoms with E-state index in [1.54, 1.807) is 0 Å². The lowest BCUT2D eigenvalue weighted by molar-refractivity contribution is 0.0367. The number of rotatable bonds is 4. The fourth-order valence-electron chi connectivity index (χ4n) is 2.42. The van der Waals surface area contributed by atoms with E-state index in [-0.39, 0.29) is 28.2 Å². The van der Waals surface area contributed by atoms with Crippen molar-refractivity contribution in [1.82, 2.24) is 4.31 Å². The Kier molecular flexibility index (Phi) is 4.04. The fraction of sp³-hybridized carbons (Fsp3) is 0.538. The molecule has 0 amide bonds. The lowest BCUT2D eigenvalue weighted by Gasteiger charge is -2.34. The molecule has 1 saturated carbocycles. The van der Waals surface area contributed by atoms with E-state index in [2.05, 4.69) is 0 Å². The highest BCUT2D eigenvalue weighted by Gasteiger charge is 2.32. The van der Waals surface area contributed by atoms with Gasteiger partial charge < -0.3 is 10.8 Å². The molecule has 0 atom stereocenters. The van der Waals surface area contributed by atoms with Crippen molar-refractivity contribution in [1.29, 1.82) is 0 Å². The molecule has 1 fully saturated rings. The fourth-order valence-corrected chi connectivity index (χ4v) is 3.93. The van der Waals surface area contributed by atoms with Crippen molar-refractivity contribution >= 4 is 15.7 Å². The van der Waals surface area contributed by atoms with Crippen molar-refractivity contribution in [2.45, 2.75) is 30.8 Å². The van der Waals surface area contributed by atoms with Gasteiger partial charge in [0, 0.05) is 24.8 Å². The third kappa shape index (κ3) is 2.79. The van der Waals surface area contributed by atoms with Crippen LogP contribution in [-0.2, 0) is 10.0 Å². The van der Waals surface area contributed by atoms with Crippen molar-refractivity contribution in [3.05, 3.63) is 23.5 Å². The summed E-state index contributed by atoms with van der Waals surface area (Å²) in [4.78, 5) is -0.0997. The Morgan fingerprint density at radius 1 is 1.45 bits per heavy atom. The number of halogens is 1. The Hall–Kier alpha value is -1.18. The first kappa shape index (κ1) is 15.2. The minimum Gasteiger partial charge on any atom is -0.399 e. The summed E-state index contributed by atoms with van der Waals surface area (Å²) >= 11 is 0. The molecule has 1 aromatic carbocycles. The number of anilines is 1. The van der Waals surface area contributed by atoms with Gasteiger partial charge in [0.05, 0.1) is 11.0 Å². The second-order valence-corrected chi connectivity index (χ2v) is 7.42. The van der Waals surface area contributed by atoms with E-state index in [4.69, 9.17) is 5.73 Å². The number of hydrogen-bond donors (Lipinski definition) is 2. The van der Waals surface area contributed by atoms with Gasteiger partial charge in [0.1, 0.15) is 5.82 Å². The summed E-state index contributed by atoms with van der Waals surface area (Å²) in [6.45, 7) is 1.73. The van der Waals surface area contributed by atoms with Gasteiger partial charge in [-0.3, -0.25) is 0 Å².